The van der Waals surface area contributed by atoms with Crippen LogP contribution in [-0.2, 0) is 0 Å². The minimum Gasteiger partial charge on any atom is -0.235 e. The molecule has 0 saturated carbocycles. The van der Waals surface area contributed by atoms with Crippen LogP contribution in [0.3, 0.4) is 0 Å². The second-order valence-electron chi connectivity index (χ2n) is 3.08. The van der Waals surface area contributed by atoms with Crippen molar-refractivity contribution in [3.05, 3.63) is 34.2 Å². The van der Waals surface area contributed by atoms with E-state index in [1.165, 1.54) is 11.0 Å². The van der Waals surface area contributed by atoms with E-state index < -0.39 is 0 Å². The highest BCUT2D eigenvalue weighted by molar-refractivity contribution is 9.10. The van der Waals surface area contributed by atoms with Gasteiger partial charge in [0.15, 0.2) is 0 Å². The molecule has 74 valence electrons. The Morgan fingerprint density at radius 2 is 2.13 bits per heavy atom. The van der Waals surface area contributed by atoms with Crippen LogP contribution in [0.4, 0.5) is 0 Å². The summed E-state index contributed by atoms with van der Waals surface area (Å²) < 4.78 is 3.18. The Morgan fingerprint density at radius 3 is 3.00 bits per heavy atom. The Hall–Kier alpha value is -0.710. The van der Waals surface area contributed by atoms with Crippen LogP contribution in [0.2, 0.25) is 5.15 Å². The maximum absolute atomic E-state index is 6.02. The topological polar surface area (TPSA) is 25.8 Å². The van der Waals surface area contributed by atoms with E-state index in [9.17, 15) is 0 Å². The van der Waals surface area contributed by atoms with Crippen LogP contribution >= 0.6 is 38.9 Å². The number of halogens is 2. The summed E-state index contributed by atoms with van der Waals surface area (Å²) in [5, 5.41) is 1.65. The Kier molecular flexibility index (Phi) is 2.16. The minimum absolute atomic E-state index is 0.525. The van der Waals surface area contributed by atoms with Crippen molar-refractivity contribution in [2.45, 2.75) is 0 Å². The van der Waals surface area contributed by atoms with E-state index in [0.29, 0.717) is 5.15 Å². The van der Waals surface area contributed by atoms with Gasteiger partial charge in [0.1, 0.15) is 11.5 Å². The maximum Gasteiger partial charge on any atom is 0.150 e. The highest BCUT2D eigenvalue weighted by atomic mass is 79.9. The zero-order valence-corrected chi connectivity index (χ0v) is 10.5. The normalized spacial score (nSPS) is 11.3. The van der Waals surface area contributed by atoms with Gasteiger partial charge in [0.2, 0.25) is 0 Å². The van der Waals surface area contributed by atoms with Crippen LogP contribution in [0.1, 0.15) is 0 Å². The molecule has 1 aromatic carbocycles. The first kappa shape index (κ1) is 9.51. The van der Waals surface area contributed by atoms with E-state index in [4.69, 9.17) is 11.6 Å². The van der Waals surface area contributed by atoms with Gasteiger partial charge in [-0.3, -0.25) is 0 Å². The summed E-state index contributed by atoms with van der Waals surface area (Å²) in [6, 6.07) is 6.12. The first-order chi connectivity index (χ1) is 7.25. The lowest BCUT2D eigenvalue weighted by molar-refractivity contribution is 1.23. The molecular formula is C10H4BrClN2S. The SMILES string of the molecule is Clc1ncnc2c1sc1cc(Br)ccc12. The number of benzene rings is 1. The van der Waals surface area contributed by atoms with Crippen LogP contribution in [-0.4, -0.2) is 9.97 Å². The van der Waals surface area contributed by atoms with Crippen LogP contribution in [0, 0.1) is 0 Å². The third-order valence-electron chi connectivity index (χ3n) is 2.17. The molecule has 0 saturated heterocycles. The quantitative estimate of drug-likeness (QED) is 0.580. The fourth-order valence-corrected chi connectivity index (χ4v) is 3.36. The van der Waals surface area contributed by atoms with Gasteiger partial charge in [-0.15, -0.1) is 11.3 Å². The summed E-state index contributed by atoms with van der Waals surface area (Å²) >= 11 is 11.1. The highest BCUT2D eigenvalue weighted by Crippen LogP contribution is 2.36. The lowest BCUT2D eigenvalue weighted by atomic mass is 10.2. The van der Waals surface area contributed by atoms with Gasteiger partial charge in [-0.1, -0.05) is 33.6 Å². The molecule has 0 radical (unpaired) electrons. The molecule has 0 aliphatic heterocycles. The second kappa shape index (κ2) is 3.40. The molecule has 0 atom stereocenters. The highest BCUT2D eigenvalue weighted by Gasteiger charge is 2.09. The van der Waals surface area contributed by atoms with Crippen molar-refractivity contribution in [3.8, 4) is 0 Å². The molecule has 0 fully saturated rings. The van der Waals surface area contributed by atoms with Gasteiger partial charge in [0.25, 0.3) is 0 Å². The van der Waals surface area contributed by atoms with Gasteiger partial charge in [0, 0.05) is 14.6 Å². The molecule has 0 spiro atoms. The van der Waals surface area contributed by atoms with Gasteiger partial charge >= 0.3 is 0 Å². The maximum atomic E-state index is 6.02. The molecule has 5 heteroatoms. The van der Waals surface area contributed by atoms with Crippen molar-refractivity contribution in [3.63, 3.8) is 0 Å². The molecule has 0 amide bonds. The number of rotatable bonds is 0. The first-order valence-electron chi connectivity index (χ1n) is 4.24. The molecule has 15 heavy (non-hydrogen) atoms. The number of thiophene rings is 1. The number of nitrogens with zero attached hydrogens (tertiary/aromatic N) is 2. The number of aromatic nitrogens is 2. The van der Waals surface area contributed by atoms with Gasteiger partial charge in [-0.25, -0.2) is 9.97 Å². The number of hydrogen-bond donors (Lipinski definition) is 0. The third-order valence-corrected chi connectivity index (χ3v) is 4.21. The van der Waals surface area contributed by atoms with Crippen LogP contribution in [0.15, 0.2) is 29.0 Å². The summed E-state index contributed by atoms with van der Waals surface area (Å²) in [4.78, 5) is 8.24. The molecular weight excluding hydrogens is 296 g/mol. The molecule has 3 rings (SSSR count). The summed E-state index contributed by atoms with van der Waals surface area (Å²) in [5.41, 5.74) is 0.933. The zero-order valence-electron chi connectivity index (χ0n) is 7.37. The minimum atomic E-state index is 0.525. The van der Waals surface area contributed by atoms with Crippen molar-refractivity contribution >= 4 is 59.2 Å². The second-order valence-corrected chi connectivity index (χ2v) is 5.41. The van der Waals surface area contributed by atoms with E-state index >= 15 is 0 Å². The largest absolute Gasteiger partial charge is 0.235 e. The van der Waals surface area contributed by atoms with Crippen molar-refractivity contribution in [1.82, 2.24) is 9.97 Å². The lowest BCUT2D eigenvalue weighted by Gasteiger charge is -1.91. The summed E-state index contributed by atoms with van der Waals surface area (Å²) in [7, 11) is 0. The fourth-order valence-electron chi connectivity index (χ4n) is 1.52. The first-order valence-corrected chi connectivity index (χ1v) is 6.23. The monoisotopic (exact) mass is 298 g/mol. The van der Waals surface area contributed by atoms with E-state index in [2.05, 4.69) is 32.0 Å². The van der Waals surface area contributed by atoms with E-state index in [1.54, 1.807) is 11.3 Å². The van der Waals surface area contributed by atoms with Gasteiger partial charge in [0.05, 0.1) is 10.2 Å². The predicted octanol–water partition coefficient (Wildman–Crippen LogP) is 4.26. The summed E-state index contributed by atoms with van der Waals surface area (Å²) in [5.74, 6) is 0. The van der Waals surface area contributed by atoms with E-state index in [1.807, 2.05) is 12.1 Å². The molecule has 0 aliphatic rings. The molecule has 0 unspecified atom stereocenters. The average molecular weight is 300 g/mol. The molecule has 2 nitrogen and oxygen atoms in total. The number of fused-ring (bicyclic) bond motifs is 3. The average Bonchev–Trinajstić information content (AvgIpc) is 2.57. The summed E-state index contributed by atoms with van der Waals surface area (Å²) in [6.45, 7) is 0. The van der Waals surface area contributed by atoms with Crippen LogP contribution in [0.25, 0.3) is 20.3 Å². The predicted molar refractivity (Wildman–Crippen MR) is 67.6 cm³/mol. The van der Waals surface area contributed by atoms with Crippen molar-refractivity contribution in [2.75, 3.05) is 0 Å². The van der Waals surface area contributed by atoms with Crippen molar-refractivity contribution < 1.29 is 0 Å². The lowest BCUT2D eigenvalue weighted by Crippen LogP contribution is -1.78. The number of hydrogen-bond acceptors (Lipinski definition) is 3. The zero-order chi connectivity index (χ0) is 10.4. The molecule has 2 heterocycles. The van der Waals surface area contributed by atoms with Crippen molar-refractivity contribution in [1.29, 1.82) is 0 Å². The van der Waals surface area contributed by atoms with E-state index in [-0.39, 0.29) is 0 Å². The molecule has 0 bridgehead atoms. The van der Waals surface area contributed by atoms with Crippen LogP contribution in [0.5, 0.6) is 0 Å². The van der Waals surface area contributed by atoms with Crippen LogP contribution < -0.4 is 0 Å². The Bertz CT molecular complexity index is 665. The van der Waals surface area contributed by atoms with Gasteiger partial charge < -0.3 is 0 Å². The molecule has 3 aromatic rings. The summed E-state index contributed by atoms with van der Waals surface area (Å²) in [6.07, 6.45) is 1.50. The Labute approximate surface area is 103 Å². The van der Waals surface area contributed by atoms with Gasteiger partial charge in [-0.2, -0.15) is 0 Å². The standard InChI is InChI=1S/C10H4BrClN2S/c11-5-1-2-6-7(3-5)15-9-8(6)13-4-14-10(9)12/h1-4H. The van der Waals surface area contributed by atoms with E-state index in [0.717, 1.165) is 20.1 Å². The Morgan fingerprint density at radius 1 is 1.27 bits per heavy atom. The molecule has 2 aromatic heterocycles. The van der Waals surface area contributed by atoms with Gasteiger partial charge in [-0.05, 0) is 12.1 Å². The third kappa shape index (κ3) is 1.44. The smallest absolute Gasteiger partial charge is 0.150 e. The molecule has 0 aliphatic carbocycles. The van der Waals surface area contributed by atoms with Crippen molar-refractivity contribution in [2.24, 2.45) is 0 Å². The Balaban J connectivity index is 2.57. The fraction of sp³-hybridized carbons (Fsp3) is 0. The molecule has 0 N–H and O–H groups in total.